The maximum Gasteiger partial charge on any atom is 0.260 e. The molecule has 0 fully saturated rings. The van der Waals surface area contributed by atoms with Crippen LogP contribution in [0.4, 0.5) is 8.78 Å². The maximum atomic E-state index is 13.0. The Bertz CT molecular complexity index is 521. The number of nitrogens with one attached hydrogen (secondary N) is 1. The quantitative estimate of drug-likeness (QED) is 0.862. The Kier molecular flexibility index (Phi) is 6.08. The van der Waals surface area contributed by atoms with E-state index in [9.17, 15) is 18.4 Å². The molecule has 0 bridgehead atoms. The van der Waals surface area contributed by atoms with E-state index in [1.54, 1.807) is 14.1 Å². The molecule has 1 rings (SSSR count). The van der Waals surface area contributed by atoms with Crippen molar-refractivity contribution in [1.29, 1.82) is 0 Å². The first-order chi connectivity index (χ1) is 9.81. The predicted molar refractivity (Wildman–Crippen MR) is 72.8 cm³/mol. The first-order valence-corrected chi connectivity index (χ1v) is 6.41. The Morgan fingerprint density at radius 1 is 1.29 bits per heavy atom. The molecule has 7 heteroatoms. The number of carbonyl (C=O) groups excluding carboxylic acids is 2. The number of hydrogen-bond acceptors (Lipinski definition) is 3. The average molecular weight is 300 g/mol. The van der Waals surface area contributed by atoms with Crippen LogP contribution in [-0.2, 0) is 9.59 Å². The zero-order valence-corrected chi connectivity index (χ0v) is 12.2. The molecule has 2 amide bonds. The Labute approximate surface area is 121 Å². The fourth-order valence-electron chi connectivity index (χ4n) is 1.47. The molecule has 21 heavy (non-hydrogen) atoms. The van der Waals surface area contributed by atoms with E-state index in [1.165, 1.54) is 17.9 Å². The van der Waals surface area contributed by atoms with Gasteiger partial charge in [0.15, 0.2) is 17.7 Å². The highest BCUT2D eigenvalue weighted by molar-refractivity contribution is 5.81. The molecule has 5 nitrogen and oxygen atoms in total. The van der Waals surface area contributed by atoms with Crippen LogP contribution in [-0.4, -0.2) is 43.5 Å². The first kappa shape index (κ1) is 16.9. The minimum atomic E-state index is -1.04. The van der Waals surface area contributed by atoms with Crippen molar-refractivity contribution in [2.45, 2.75) is 19.4 Å². The lowest BCUT2D eigenvalue weighted by Crippen LogP contribution is -2.38. The summed E-state index contributed by atoms with van der Waals surface area (Å²) in [6.45, 7) is 1.66. The second-order valence-electron chi connectivity index (χ2n) is 4.67. The van der Waals surface area contributed by atoms with Crippen LogP contribution in [0.2, 0.25) is 0 Å². The molecule has 0 spiro atoms. The lowest BCUT2D eigenvalue weighted by atomic mass is 10.3. The summed E-state index contributed by atoms with van der Waals surface area (Å²) in [7, 11) is 3.25. The summed E-state index contributed by atoms with van der Waals surface area (Å²) in [5.74, 6) is -2.52. The summed E-state index contributed by atoms with van der Waals surface area (Å²) in [5.41, 5.74) is 0. The summed E-state index contributed by atoms with van der Waals surface area (Å²) in [5, 5.41) is 2.54. The summed E-state index contributed by atoms with van der Waals surface area (Å²) < 4.78 is 31.0. The number of hydrogen-bond donors (Lipinski definition) is 1. The molecule has 0 aliphatic carbocycles. The molecular formula is C14H18F2N2O3. The molecule has 116 valence electrons. The van der Waals surface area contributed by atoms with E-state index in [0.717, 1.165) is 12.1 Å². The van der Waals surface area contributed by atoms with Gasteiger partial charge in [0, 0.05) is 33.1 Å². The van der Waals surface area contributed by atoms with Crippen molar-refractivity contribution < 1.29 is 23.1 Å². The lowest BCUT2D eigenvalue weighted by molar-refractivity contribution is -0.129. The largest absolute Gasteiger partial charge is 0.481 e. The topological polar surface area (TPSA) is 58.6 Å². The van der Waals surface area contributed by atoms with Gasteiger partial charge in [-0.2, -0.15) is 0 Å². The maximum absolute atomic E-state index is 13.0. The van der Waals surface area contributed by atoms with Crippen molar-refractivity contribution in [2.24, 2.45) is 0 Å². The number of halogens is 2. The van der Waals surface area contributed by atoms with Gasteiger partial charge < -0.3 is 15.0 Å². The second kappa shape index (κ2) is 7.56. The second-order valence-corrected chi connectivity index (χ2v) is 4.67. The molecule has 1 aromatic carbocycles. The van der Waals surface area contributed by atoms with Crippen molar-refractivity contribution >= 4 is 11.8 Å². The normalized spacial score (nSPS) is 11.7. The van der Waals surface area contributed by atoms with E-state index in [2.05, 4.69) is 5.32 Å². The van der Waals surface area contributed by atoms with Crippen LogP contribution in [0.15, 0.2) is 18.2 Å². The van der Waals surface area contributed by atoms with Crippen LogP contribution in [0.1, 0.15) is 13.3 Å². The third-order valence-corrected chi connectivity index (χ3v) is 2.71. The minimum Gasteiger partial charge on any atom is -0.481 e. The molecule has 1 aromatic rings. The van der Waals surface area contributed by atoms with Gasteiger partial charge in [0.1, 0.15) is 5.75 Å². The van der Waals surface area contributed by atoms with E-state index in [4.69, 9.17) is 4.74 Å². The summed E-state index contributed by atoms with van der Waals surface area (Å²) in [4.78, 5) is 24.5. The Morgan fingerprint density at radius 3 is 2.52 bits per heavy atom. The molecule has 0 saturated carbocycles. The SMILES string of the molecule is CC(Oc1ccc(F)c(F)c1)C(=O)NCCC(=O)N(C)C. The Balaban J connectivity index is 2.44. The highest BCUT2D eigenvalue weighted by Gasteiger charge is 2.15. The van der Waals surface area contributed by atoms with Crippen molar-refractivity contribution in [3.05, 3.63) is 29.8 Å². The lowest BCUT2D eigenvalue weighted by Gasteiger charge is -2.15. The number of amides is 2. The summed E-state index contributed by atoms with van der Waals surface area (Å²) >= 11 is 0. The number of ether oxygens (including phenoxy) is 1. The van der Waals surface area contributed by atoms with Gasteiger partial charge >= 0.3 is 0 Å². The number of carbonyl (C=O) groups is 2. The predicted octanol–water partition coefficient (Wildman–Crippen LogP) is 1.33. The number of nitrogens with zero attached hydrogens (tertiary/aromatic N) is 1. The van der Waals surface area contributed by atoms with Crippen LogP contribution in [0, 0.1) is 11.6 Å². The number of rotatable bonds is 6. The van der Waals surface area contributed by atoms with Crippen LogP contribution in [0.25, 0.3) is 0 Å². The van der Waals surface area contributed by atoms with Crippen LogP contribution >= 0.6 is 0 Å². The first-order valence-electron chi connectivity index (χ1n) is 6.41. The highest BCUT2D eigenvalue weighted by atomic mass is 19.2. The summed E-state index contributed by atoms with van der Waals surface area (Å²) in [6.07, 6.45) is -0.708. The Hall–Kier alpha value is -2.18. The molecule has 0 aromatic heterocycles. The molecule has 1 N–H and O–H groups in total. The van der Waals surface area contributed by atoms with Crippen LogP contribution in [0.5, 0.6) is 5.75 Å². The van der Waals surface area contributed by atoms with E-state index in [1.807, 2.05) is 0 Å². The minimum absolute atomic E-state index is 0.0564. The Morgan fingerprint density at radius 2 is 1.95 bits per heavy atom. The smallest absolute Gasteiger partial charge is 0.260 e. The van der Waals surface area contributed by atoms with Gasteiger partial charge in [0.2, 0.25) is 5.91 Å². The standard InChI is InChI=1S/C14H18F2N2O3/c1-9(14(20)17-7-6-13(19)18(2)3)21-10-4-5-11(15)12(16)8-10/h4-5,8-9H,6-7H2,1-3H3,(H,17,20). The average Bonchev–Trinajstić information content (AvgIpc) is 2.42. The van der Waals surface area contributed by atoms with E-state index in [-0.39, 0.29) is 24.6 Å². The fraction of sp³-hybridized carbons (Fsp3) is 0.429. The van der Waals surface area contributed by atoms with Gasteiger partial charge in [0.05, 0.1) is 0 Å². The van der Waals surface area contributed by atoms with Gasteiger partial charge in [-0.25, -0.2) is 8.78 Å². The van der Waals surface area contributed by atoms with Gasteiger partial charge in [-0.15, -0.1) is 0 Å². The molecule has 0 heterocycles. The van der Waals surface area contributed by atoms with Crippen LogP contribution in [0.3, 0.4) is 0 Å². The molecule has 0 saturated heterocycles. The van der Waals surface area contributed by atoms with E-state index in [0.29, 0.717) is 0 Å². The van der Waals surface area contributed by atoms with Crippen molar-refractivity contribution in [3.63, 3.8) is 0 Å². The van der Waals surface area contributed by atoms with Gasteiger partial charge in [-0.1, -0.05) is 0 Å². The van der Waals surface area contributed by atoms with Crippen molar-refractivity contribution in [2.75, 3.05) is 20.6 Å². The van der Waals surface area contributed by atoms with Crippen LogP contribution < -0.4 is 10.1 Å². The molecule has 0 aliphatic heterocycles. The van der Waals surface area contributed by atoms with Crippen molar-refractivity contribution in [1.82, 2.24) is 10.2 Å². The molecule has 1 atom stereocenters. The summed E-state index contributed by atoms with van der Waals surface area (Å²) in [6, 6.07) is 3.03. The van der Waals surface area contributed by atoms with Gasteiger partial charge in [-0.3, -0.25) is 9.59 Å². The molecular weight excluding hydrogens is 282 g/mol. The molecule has 0 aliphatic rings. The van der Waals surface area contributed by atoms with E-state index < -0.39 is 23.6 Å². The van der Waals surface area contributed by atoms with E-state index >= 15 is 0 Å². The zero-order valence-electron chi connectivity index (χ0n) is 12.2. The van der Waals surface area contributed by atoms with Gasteiger partial charge in [-0.05, 0) is 19.1 Å². The van der Waals surface area contributed by atoms with Gasteiger partial charge in [0.25, 0.3) is 5.91 Å². The third-order valence-electron chi connectivity index (χ3n) is 2.71. The zero-order chi connectivity index (χ0) is 16.0. The fourth-order valence-corrected chi connectivity index (χ4v) is 1.47. The molecule has 1 unspecified atom stereocenters. The third kappa shape index (κ3) is 5.37. The monoisotopic (exact) mass is 300 g/mol. The highest BCUT2D eigenvalue weighted by Crippen LogP contribution is 2.16. The molecule has 0 radical (unpaired) electrons. The van der Waals surface area contributed by atoms with Crippen molar-refractivity contribution in [3.8, 4) is 5.75 Å². The number of benzene rings is 1.